The largest absolute Gasteiger partial charge is 0.507 e. The summed E-state index contributed by atoms with van der Waals surface area (Å²) < 4.78 is 0. The number of phenols is 1. The van der Waals surface area contributed by atoms with Gasteiger partial charge in [0.1, 0.15) is 11.3 Å². The predicted octanol–water partition coefficient (Wildman–Crippen LogP) is 3.13. The van der Waals surface area contributed by atoms with Gasteiger partial charge in [0.25, 0.3) is 0 Å². The summed E-state index contributed by atoms with van der Waals surface area (Å²) in [6, 6.07) is 6.57. The third-order valence-electron chi connectivity index (χ3n) is 2.40. The topological polar surface area (TPSA) is 57.5 Å². The van der Waals surface area contributed by atoms with E-state index in [0.717, 1.165) is 16.0 Å². The normalized spacial score (nSPS) is 10.3. The first-order valence-corrected chi connectivity index (χ1v) is 5.58. The Balaban J connectivity index is 2.50. The van der Waals surface area contributed by atoms with Crippen LogP contribution in [0, 0.1) is 6.92 Å². The average Bonchev–Trinajstić information content (AvgIpc) is 2.63. The molecule has 0 unspecified atom stereocenters. The molecule has 1 aromatic carbocycles. The lowest BCUT2D eigenvalue weighted by Gasteiger charge is -2.04. The van der Waals surface area contributed by atoms with E-state index in [1.807, 2.05) is 18.4 Å². The van der Waals surface area contributed by atoms with E-state index in [2.05, 4.69) is 0 Å². The Kier molecular flexibility index (Phi) is 2.66. The summed E-state index contributed by atoms with van der Waals surface area (Å²) >= 11 is 1.62. The van der Waals surface area contributed by atoms with Crippen LogP contribution in [0.25, 0.3) is 11.1 Å². The van der Waals surface area contributed by atoms with Gasteiger partial charge in [-0.15, -0.1) is 11.3 Å². The maximum absolute atomic E-state index is 10.7. The molecule has 0 aliphatic carbocycles. The van der Waals surface area contributed by atoms with Gasteiger partial charge in [-0.05, 0) is 41.6 Å². The standard InChI is InChI=1S/C12H10O3S/c1-7-9(4-5-16-7)8-2-3-10(12(14)15)11(13)6-8/h2-6,13H,1H3,(H,14,15). The number of aromatic carboxylic acids is 1. The van der Waals surface area contributed by atoms with Crippen molar-refractivity contribution in [2.24, 2.45) is 0 Å². The van der Waals surface area contributed by atoms with Crippen molar-refractivity contribution in [3.8, 4) is 16.9 Å². The van der Waals surface area contributed by atoms with Gasteiger partial charge in [-0.25, -0.2) is 4.79 Å². The Bertz CT molecular complexity index is 543. The zero-order chi connectivity index (χ0) is 11.7. The number of hydrogen-bond acceptors (Lipinski definition) is 3. The lowest BCUT2D eigenvalue weighted by molar-refractivity contribution is 0.0694. The minimum atomic E-state index is -1.12. The van der Waals surface area contributed by atoms with Crippen LogP contribution in [-0.4, -0.2) is 16.2 Å². The van der Waals surface area contributed by atoms with E-state index in [1.54, 1.807) is 17.4 Å². The average molecular weight is 234 g/mol. The number of carbonyl (C=O) groups is 1. The van der Waals surface area contributed by atoms with E-state index in [0.29, 0.717) is 0 Å². The number of rotatable bonds is 2. The van der Waals surface area contributed by atoms with Crippen LogP contribution in [0.2, 0.25) is 0 Å². The minimum Gasteiger partial charge on any atom is -0.507 e. The summed E-state index contributed by atoms with van der Waals surface area (Å²) in [6.07, 6.45) is 0. The van der Waals surface area contributed by atoms with E-state index >= 15 is 0 Å². The molecule has 1 heterocycles. The summed E-state index contributed by atoms with van der Waals surface area (Å²) in [4.78, 5) is 11.9. The second-order valence-electron chi connectivity index (χ2n) is 3.43. The van der Waals surface area contributed by atoms with Gasteiger partial charge in [-0.1, -0.05) is 6.07 Å². The van der Waals surface area contributed by atoms with E-state index in [4.69, 9.17) is 5.11 Å². The molecule has 0 radical (unpaired) electrons. The van der Waals surface area contributed by atoms with Crippen LogP contribution in [0.3, 0.4) is 0 Å². The maximum atomic E-state index is 10.7. The van der Waals surface area contributed by atoms with E-state index in [1.165, 1.54) is 12.1 Å². The van der Waals surface area contributed by atoms with Crippen molar-refractivity contribution < 1.29 is 15.0 Å². The van der Waals surface area contributed by atoms with Crippen molar-refractivity contribution in [1.82, 2.24) is 0 Å². The molecule has 0 amide bonds. The molecule has 0 saturated carbocycles. The first-order chi connectivity index (χ1) is 7.59. The molecular formula is C12H10O3S. The van der Waals surface area contributed by atoms with Crippen molar-refractivity contribution in [1.29, 1.82) is 0 Å². The molecule has 82 valence electrons. The third kappa shape index (κ3) is 1.79. The molecule has 0 aliphatic rings. The van der Waals surface area contributed by atoms with Crippen molar-refractivity contribution in [3.05, 3.63) is 40.1 Å². The number of carboxylic acid groups (broad SMARTS) is 1. The summed E-state index contributed by atoms with van der Waals surface area (Å²) in [5, 5.41) is 20.3. The first kappa shape index (κ1) is 10.7. The number of thiophene rings is 1. The molecule has 16 heavy (non-hydrogen) atoms. The lowest BCUT2D eigenvalue weighted by atomic mass is 10.0. The number of hydrogen-bond donors (Lipinski definition) is 2. The van der Waals surface area contributed by atoms with Crippen LogP contribution in [-0.2, 0) is 0 Å². The van der Waals surface area contributed by atoms with Crippen LogP contribution >= 0.6 is 11.3 Å². The second kappa shape index (κ2) is 3.98. The Hall–Kier alpha value is -1.81. The monoisotopic (exact) mass is 234 g/mol. The molecule has 2 N–H and O–H groups in total. The number of carboxylic acids is 1. The summed E-state index contributed by atoms with van der Waals surface area (Å²) in [5.74, 6) is -1.32. The van der Waals surface area contributed by atoms with Gasteiger partial charge in [0.2, 0.25) is 0 Å². The third-order valence-corrected chi connectivity index (χ3v) is 3.24. The first-order valence-electron chi connectivity index (χ1n) is 4.70. The van der Waals surface area contributed by atoms with Crippen molar-refractivity contribution in [2.75, 3.05) is 0 Å². The van der Waals surface area contributed by atoms with Gasteiger partial charge in [-0.2, -0.15) is 0 Å². The Morgan fingerprint density at radius 3 is 2.56 bits per heavy atom. The van der Waals surface area contributed by atoms with Crippen LogP contribution in [0.4, 0.5) is 0 Å². The van der Waals surface area contributed by atoms with Crippen LogP contribution in [0.5, 0.6) is 5.75 Å². The minimum absolute atomic E-state index is 0.0726. The zero-order valence-corrected chi connectivity index (χ0v) is 9.41. The highest BCUT2D eigenvalue weighted by Crippen LogP contribution is 2.31. The van der Waals surface area contributed by atoms with Crippen LogP contribution in [0.1, 0.15) is 15.2 Å². The molecule has 0 saturated heterocycles. The summed E-state index contributed by atoms with van der Waals surface area (Å²) in [7, 11) is 0. The van der Waals surface area contributed by atoms with Gasteiger partial charge < -0.3 is 10.2 Å². The Morgan fingerprint density at radius 2 is 2.06 bits per heavy atom. The van der Waals surface area contributed by atoms with Crippen molar-refractivity contribution in [2.45, 2.75) is 6.92 Å². The molecule has 0 bridgehead atoms. The fraction of sp³-hybridized carbons (Fsp3) is 0.0833. The quantitative estimate of drug-likeness (QED) is 0.839. The van der Waals surface area contributed by atoms with E-state index in [-0.39, 0.29) is 11.3 Å². The smallest absolute Gasteiger partial charge is 0.339 e. The fourth-order valence-electron chi connectivity index (χ4n) is 1.56. The molecule has 4 heteroatoms. The van der Waals surface area contributed by atoms with Gasteiger partial charge in [0.15, 0.2) is 0 Å². The summed E-state index contributed by atoms with van der Waals surface area (Å²) in [5.41, 5.74) is 1.79. The highest BCUT2D eigenvalue weighted by molar-refractivity contribution is 7.10. The van der Waals surface area contributed by atoms with Gasteiger partial charge in [-0.3, -0.25) is 0 Å². The molecule has 0 atom stereocenters. The van der Waals surface area contributed by atoms with Crippen LogP contribution < -0.4 is 0 Å². The van der Waals surface area contributed by atoms with Gasteiger partial charge in [0.05, 0.1) is 0 Å². The summed E-state index contributed by atoms with van der Waals surface area (Å²) in [6.45, 7) is 1.99. The highest BCUT2D eigenvalue weighted by atomic mass is 32.1. The second-order valence-corrected chi connectivity index (χ2v) is 4.55. The van der Waals surface area contributed by atoms with E-state index in [9.17, 15) is 9.90 Å². The number of aromatic hydroxyl groups is 1. The molecule has 0 fully saturated rings. The number of aryl methyl sites for hydroxylation is 1. The molecule has 2 rings (SSSR count). The van der Waals surface area contributed by atoms with Gasteiger partial charge >= 0.3 is 5.97 Å². The fourth-order valence-corrected chi connectivity index (χ4v) is 2.29. The Labute approximate surface area is 96.6 Å². The molecule has 3 nitrogen and oxygen atoms in total. The van der Waals surface area contributed by atoms with Gasteiger partial charge in [0, 0.05) is 4.88 Å². The van der Waals surface area contributed by atoms with Crippen LogP contribution in [0.15, 0.2) is 29.6 Å². The molecule has 1 aromatic heterocycles. The highest BCUT2D eigenvalue weighted by Gasteiger charge is 2.11. The van der Waals surface area contributed by atoms with Crippen molar-refractivity contribution >= 4 is 17.3 Å². The molecular weight excluding hydrogens is 224 g/mol. The van der Waals surface area contributed by atoms with E-state index < -0.39 is 5.97 Å². The van der Waals surface area contributed by atoms with Crippen molar-refractivity contribution in [3.63, 3.8) is 0 Å². The molecule has 0 spiro atoms. The predicted molar refractivity (Wildman–Crippen MR) is 63.1 cm³/mol. The number of benzene rings is 1. The maximum Gasteiger partial charge on any atom is 0.339 e. The Morgan fingerprint density at radius 1 is 1.31 bits per heavy atom. The molecule has 0 aliphatic heterocycles. The zero-order valence-electron chi connectivity index (χ0n) is 8.60. The lowest BCUT2D eigenvalue weighted by Crippen LogP contribution is -1.96. The SMILES string of the molecule is Cc1sccc1-c1ccc(C(=O)O)c(O)c1. The molecule has 2 aromatic rings.